The lowest BCUT2D eigenvalue weighted by Crippen LogP contribution is -2.01. The van der Waals surface area contributed by atoms with Gasteiger partial charge in [0.1, 0.15) is 0 Å². The Morgan fingerprint density at radius 2 is 0.556 bits per heavy atom. The second-order valence-corrected chi connectivity index (χ2v) is 16.4. The van der Waals surface area contributed by atoms with Gasteiger partial charge in [0, 0.05) is 5.69 Å². The zero-order valence-electron chi connectivity index (χ0n) is 34.6. The van der Waals surface area contributed by atoms with Crippen molar-refractivity contribution in [3.63, 3.8) is 0 Å². The lowest BCUT2D eigenvalue weighted by atomic mass is 9.81. The van der Waals surface area contributed by atoms with E-state index in [4.69, 9.17) is 0 Å². The van der Waals surface area contributed by atoms with E-state index in [-0.39, 0.29) is 0 Å². The Balaban J connectivity index is 1.26. The van der Waals surface area contributed by atoms with Crippen LogP contribution in [0.15, 0.2) is 249 Å². The van der Waals surface area contributed by atoms with E-state index in [9.17, 15) is 0 Å². The zero-order chi connectivity index (χ0) is 41.7. The molecule has 0 saturated heterocycles. The number of rotatable bonds is 7. The van der Waals surface area contributed by atoms with Gasteiger partial charge in [0.05, 0.1) is 11.4 Å². The Kier molecular flexibility index (Phi) is 8.90. The second-order valence-electron chi connectivity index (χ2n) is 16.4. The van der Waals surface area contributed by atoms with Gasteiger partial charge in [-0.2, -0.15) is 0 Å². The SMILES string of the molecule is c1ccc(-c2cc3ccccc3cc2-c2c3ccccc3c(-c3cc4ccccc4cc3-c3ccccc3)c3cc(-n4c(-c5ccccc5)ccc4-c4ccccc4)ccc23)cc1. The molecule has 12 rings (SSSR count). The number of benzene rings is 11. The molecule has 1 nitrogen and oxygen atoms in total. The summed E-state index contributed by atoms with van der Waals surface area (Å²) in [6.45, 7) is 0. The fourth-order valence-corrected chi connectivity index (χ4v) is 9.88. The maximum absolute atomic E-state index is 2.46. The molecule has 0 radical (unpaired) electrons. The Hall–Kier alpha value is -8.26. The maximum atomic E-state index is 2.46. The molecule has 0 bridgehead atoms. The van der Waals surface area contributed by atoms with E-state index in [1.54, 1.807) is 0 Å². The summed E-state index contributed by atoms with van der Waals surface area (Å²) >= 11 is 0. The molecule has 0 amide bonds. The quantitative estimate of drug-likeness (QED) is 0.142. The van der Waals surface area contributed by atoms with Crippen LogP contribution in [0.1, 0.15) is 0 Å². The molecule has 0 spiro atoms. The maximum Gasteiger partial charge on any atom is 0.0535 e. The van der Waals surface area contributed by atoms with E-state index >= 15 is 0 Å². The van der Waals surface area contributed by atoms with Crippen molar-refractivity contribution >= 4 is 43.1 Å². The van der Waals surface area contributed by atoms with Crippen LogP contribution in [0.5, 0.6) is 0 Å². The summed E-state index contributed by atoms with van der Waals surface area (Å²) in [5, 5.41) is 9.74. The fourth-order valence-electron chi connectivity index (χ4n) is 9.88. The molecule has 1 heterocycles. The lowest BCUT2D eigenvalue weighted by Gasteiger charge is -2.23. The molecule has 0 aliphatic heterocycles. The molecule has 1 aromatic heterocycles. The third-order valence-electron chi connectivity index (χ3n) is 12.8. The lowest BCUT2D eigenvalue weighted by molar-refractivity contribution is 1.10. The summed E-state index contributed by atoms with van der Waals surface area (Å²) in [5.74, 6) is 0. The molecule has 0 N–H and O–H groups in total. The minimum absolute atomic E-state index is 1.11. The smallest absolute Gasteiger partial charge is 0.0535 e. The van der Waals surface area contributed by atoms with Crippen molar-refractivity contribution in [2.45, 2.75) is 0 Å². The number of fused-ring (bicyclic) bond motifs is 4. The highest BCUT2D eigenvalue weighted by molar-refractivity contribution is 6.24. The first-order valence-corrected chi connectivity index (χ1v) is 21.8. The van der Waals surface area contributed by atoms with Crippen LogP contribution in [0.4, 0.5) is 0 Å². The summed E-state index contributed by atoms with van der Waals surface area (Å²) in [6, 6.07) is 91.3. The van der Waals surface area contributed by atoms with E-state index in [0.717, 1.165) is 17.1 Å². The normalized spacial score (nSPS) is 11.5. The predicted molar refractivity (Wildman–Crippen MR) is 268 cm³/mol. The topological polar surface area (TPSA) is 4.93 Å². The van der Waals surface area contributed by atoms with Gasteiger partial charge < -0.3 is 4.57 Å². The Morgan fingerprint density at radius 3 is 0.984 bits per heavy atom. The van der Waals surface area contributed by atoms with Crippen LogP contribution in [-0.4, -0.2) is 4.57 Å². The van der Waals surface area contributed by atoms with Crippen LogP contribution in [0, 0.1) is 0 Å². The van der Waals surface area contributed by atoms with E-state index in [0.29, 0.717) is 0 Å². The Labute approximate surface area is 367 Å². The van der Waals surface area contributed by atoms with Gasteiger partial charge in [-0.1, -0.05) is 200 Å². The van der Waals surface area contributed by atoms with Crippen LogP contribution in [0.25, 0.3) is 116 Å². The van der Waals surface area contributed by atoms with Crippen molar-refractivity contribution in [2.75, 3.05) is 0 Å². The largest absolute Gasteiger partial charge is 0.309 e. The van der Waals surface area contributed by atoms with Crippen molar-refractivity contribution in [3.05, 3.63) is 249 Å². The first-order chi connectivity index (χ1) is 31.3. The minimum atomic E-state index is 1.11. The Morgan fingerprint density at radius 1 is 0.222 bits per heavy atom. The summed E-state index contributed by atoms with van der Waals surface area (Å²) in [6.07, 6.45) is 0. The van der Waals surface area contributed by atoms with Gasteiger partial charge in [0.2, 0.25) is 0 Å². The molecule has 12 aromatic rings. The minimum Gasteiger partial charge on any atom is -0.309 e. The van der Waals surface area contributed by atoms with Crippen molar-refractivity contribution in [2.24, 2.45) is 0 Å². The molecule has 63 heavy (non-hydrogen) atoms. The van der Waals surface area contributed by atoms with Crippen molar-refractivity contribution in [3.8, 4) is 72.7 Å². The molecule has 0 atom stereocenters. The van der Waals surface area contributed by atoms with E-state index in [1.807, 2.05) is 0 Å². The molecule has 0 aliphatic rings. The number of hydrogen-bond acceptors (Lipinski definition) is 0. The highest BCUT2D eigenvalue weighted by atomic mass is 15.0. The summed E-state index contributed by atoms with van der Waals surface area (Å²) in [4.78, 5) is 0. The molecular weight excluding hydrogens is 759 g/mol. The van der Waals surface area contributed by atoms with Gasteiger partial charge >= 0.3 is 0 Å². The van der Waals surface area contributed by atoms with Gasteiger partial charge in [-0.05, 0) is 147 Å². The van der Waals surface area contributed by atoms with E-state index < -0.39 is 0 Å². The van der Waals surface area contributed by atoms with Crippen LogP contribution >= 0.6 is 0 Å². The molecule has 0 fully saturated rings. The van der Waals surface area contributed by atoms with Crippen molar-refractivity contribution in [1.82, 2.24) is 4.57 Å². The van der Waals surface area contributed by atoms with Gasteiger partial charge in [-0.25, -0.2) is 0 Å². The summed E-state index contributed by atoms with van der Waals surface area (Å²) < 4.78 is 2.45. The molecule has 0 unspecified atom stereocenters. The fraction of sp³-hybridized carbons (Fsp3) is 0. The Bertz CT molecular complexity index is 3580. The second kappa shape index (κ2) is 15.3. The number of aromatic nitrogens is 1. The third-order valence-corrected chi connectivity index (χ3v) is 12.8. The van der Waals surface area contributed by atoms with Gasteiger partial charge in [0.25, 0.3) is 0 Å². The average Bonchev–Trinajstić information content (AvgIpc) is 3.81. The van der Waals surface area contributed by atoms with Crippen molar-refractivity contribution < 1.29 is 0 Å². The molecule has 1 heteroatoms. The highest BCUT2D eigenvalue weighted by Crippen LogP contribution is 2.50. The predicted octanol–water partition coefficient (Wildman–Crippen LogP) is 17.1. The zero-order valence-corrected chi connectivity index (χ0v) is 34.6. The monoisotopic (exact) mass is 799 g/mol. The highest BCUT2D eigenvalue weighted by Gasteiger charge is 2.23. The average molecular weight is 800 g/mol. The van der Waals surface area contributed by atoms with Crippen LogP contribution in [-0.2, 0) is 0 Å². The van der Waals surface area contributed by atoms with Gasteiger partial charge in [-0.15, -0.1) is 0 Å². The molecule has 0 saturated carbocycles. The molecular formula is C62H41N. The summed E-state index contributed by atoms with van der Waals surface area (Å²) in [5.41, 5.74) is 15.5. The molecule has 11 aromatic carbocycles. The van der Waals surface area contributed by atoms with Crippen LogP contribution < -0.4 is 0 Å². The van der Waals surface area contributed by atoms with E-state index in [2.05, 4.69) is 253 Å². The molecule has 294 valence electrons. The summed E-state index contributed by atoms with van der Waals surface area (Å²) in [7, 11) is 0. The standard InChI is InChI=1S/C62H41N/c1-5-19-42(20-6-1)54-37-46-27-13-15-29-48(46)39-56(54)61-51-31-17-18-32-52(51)62(57-40-49-30-16-14-28-47(49)38-55(57)43-21-7-2-8-22-43)58-41-50(33-34-53(58)61)63-59(44-23-9-3-10-24-44)35-36-60(63)45-25-11-4-12-26-45/h1-41H. The van der Waals surface area contributed by atoms with Crippen molar-refractivity contribution in [1.29, 1.82) is 0 Å². The van der Waals surface area contributed by atoms with Gasteiger partial charge in [0.15, 0.2) is 0 Å². The molecule has 0 aliphatic carbocycles. The van der Waals surface area contributed by atoms with Crippen LogP contribution in [0.3, 0.4) is 0 Å². The first-order valence-electron chi connectivity index (χ1n) is 21.8. The van der Waals surface area contributed by atoms with Gasteiger partial charge in [-0.3, -0.25) is 0 Å². The number of hydrogen-bond donors (Lipinski definition) is 0. The van der Waals surface area contributed by atoms with E-state index in [1.165, 1.54) is 98.7 Å². The third kappa shape index (κ3) is 6.33. The first kappa shape index (κ1) is 36.6. The van der Waals surface area contributed by atoms with Crippen LogP contribution in [0.2, 0.25) is 0 Å². The number of nitrogens with zero attached hydrogens (tertiary/aromatic N) is 1.